The van der Waals surface area contributed by atoms with Crippen LogP contribution in [0.2, 0.25) is 0 Å². The highest BCUT2D eigenvalue weighted by atomic mass is 19.4. The minimum absolute atomic E-state index is 0.185. The Morgan fingerprint density at radius 2 is 1.92 bits per heavy atom. The van der Waals surface area contributed by atoms with Gasteiger partial charge in [-0.1, -0.05) is 0 Å². The zero-order valence-corrected chi connectivity index (χ0v) is 6.72. The van der Waals surface area contributed by atoms with Crippen LogP contribution in [0.5, 0.6) is 11.5 Å². The molecule has 0 atom stereocenters. The van der Waals surface area contributed by atoms with E-state index >= 15 is 0 Å². The van der Waals surface area contributed by atoms with Crippen LogP contribution in [0.1, 0.15) is 5.56 Å². The van der Waals surface area contributed by atoms with Crippen molar-refractivity contribution in [3.05, 3.63) is 23.8 Å². The van der Waals surface area contributed by atoms with Crippen LogP contribution >= 0.6 is 0 Å². The van der Waals surface area contributed by atoms with Gasteiger partial charge in [-0.2, -0.15) is 13.2 Å². The molecular weight excluding hydrogens is 185 g/mol. The molecule has 0 aliphatic rings. The smallest absolute Gasteiger partial charge is 0.416 e. The normalized spacial score (nSPS) is 11.4. The Kier molecular flexibility index (Phi) is 2.36. The van der Waals surface area contributed by atoms with Gasteiger partial charge >= 0.3 is 6.18 Å². The second-order valence-corrected chi connectivity index (χ2v) is 2.38. The van der Waals surface area contributed by atoms with Crippen molar-refractivity contribution in [3.8, 4) is 11.5 Å². The fraction of sp³-hybridized carbons (Fsp3) is 0.250. The molecule has 1 N–H and O–H groups in total. The predicted molar refractivity (Wildman–Crippen MR) is 39.7 cm³/mol. The molecule has 1 rings (SSSR count). The number of benzene rings is 1. The lowest BCUT2D eigenvalue weighted by atomic mass is 10.2. The van der Waals surface area contributed by atoms with E-state index in [-0.39, 0.29) is 11.5 Å². The first kappa shape index (κ1) is 9.70. The summed E-state index contributed by atoms with van der Waals surface area (Å²) in [4.78, 5) is 0. The van der Waals surface area contributed by atoms with Crippen LogP contribution in [0, 0.1) is 0 Å². The lowest BCUT2D eigenvalue weighted by Gasteiger charge is -2.08. The molecule has 2 nitrogen and oxygen atoms in total. The Morgan fingerprint density at radius 1 is 1.31 bits per heavy atom. The summed E-state index contributed by atoms with van der Waals surface area (Å²) in [6.07, 6.45) is -4.42. The maximum absolute atomic E-state index is 12.1. The molecule has 0 aliphatic carbocycles. The van der Waals surface area contributed by atoms with Crippen molar-refractivity contribution < 1.29 is 23.0 Å². The van der Waals surface area contributed by atoms with Crippen LogP contribution < -0.4 is 4.74 Å². The number of methoxy groups -OCH3 is 1. The van der Waals surface area contributed by atoms with Gasteiger partial charge in [0, 0.05) is 0 Å². The maximum atomic E-state index is 12.1. The van der Waals surface area contributed by atoms with E-state index in [1.54, 1.807) is 0 Å². The molecule has 13 heavy (non-hydrogen) atoms. The van der Waals surface area contributed by atoms with Crippen LogP contribution in [0.25, 0.3) is 0 Å². The minimum atomic E-state index is -4.42. The molecule has 0 aromatic heterocycles. The second kappa shape index (κ2) is 3.16. The zero-order valence-electron chi connectivity index (χ0n) is 6.72. The van der Waals surface area contributed by atoms with Crippen LogP contribution in [0.15, 0.2) is 18.2 Å². The molecular formula is C8H7F3O2. The fourth-order valence-corrected chi connectivity index (χ4v) is 0.854. The minimum Gasteiger partial charge on any atom is -0.504 e. The summed E-state index contributed by atoms with van der Waals surface area (Å²) in [5.74, 6) is -0.495. The SMILES string of the molecule is COc1cc(C(F)(F)F)ccc1O. The first-order chi connectivity index (χ1) is 5.95. The van der Waals surface area contributed by atoms with Crippen molar-refractivity contribution in [2.24, 2.45) is 0 Å². The largest absolute Gasteiger partial charge is 0.504 e. The van der Waals surface area contributed by atoms with E-state index < -0.39 is 11.7 Å². The molecule has 0 spiro atoms. The molecule has 1 aromatic rings. The van der Waals surface area contributed by atoms with Gasteiger partial charge in [0.25, 0.3) is 0 Å². The first-order valence-corrected chi connectivity index (χ1v) is 3.39. The Hall–Kier alpha value is -1.39. The Labute approximate surface area is 72.6 Å². The summed E-state index contributed by atoms with van der Waals surface area (Å²) in [6, 6.07) is 2.48. The van der Waals surface area contributed by atoms with Crippen LogP contribution in [0.3, 0.4) is 0 Å². The number of phenols is 1. The van der Waals surface area contributed by atoms with Crippen LogP contribution in [0.4, 0.5) is 13.2 Å². The van der Waals surface area contributed by atoms with Crippen molar-refractivity contribution in [1.29, 1.82) is 0 Å². The van der Waals surface area contributed by atoms with Crippen molar-refractivity contribution in [3.63, 3.8) is 0 Å². The number of hydrogen-bond donors (Lipinski definition) is 1. The van der Waals surface area contributed by atoms with E-state index in [0.717, 1.165) is 18.2 Å². The van der Waals surface area contributed by atoms with Crippen LogP contribution in [-0.2, 0) is 6.18 Å². The van der Waals surface area contributed by atoms with Crippen molar-refractivity contribution in [2.45, 2.75) is 6.18 Å². The summed E-state index contributed by atoms with van der Waals surface area (Å²) >= 11 is 0. The quantitative estimate of drug-likeness (QED) is 0.740. The third-order valence-electron chi connectivity index (χ3n) is 1.51. The number of ether oxygens (including phenoxy) is 1. The lowest BCUT2D eigenvalue weighted by Crippen LogP contribution is -2.04. The average Bonchev–Trinajstić information content (AvgIpc) is 2.03. The van der Waals surface area contributed by atoms with Gasteiger partial charge in [-0.05, 0) is 18.2 Å². The average molecular weight is 192 g/mol. The van der Waals surface area contributed by atoms with Crippen molar-refractivity contribution >= 4 is 0 Å². The van der Waals surface area contributed by atoms with Crippen LogP contribution in [-0.4, -0.2) is 12.2 Å². The van der Waals surface area contributed by atoms with E-state index in [0.29, 0.717) is 0 Å². The van der Waals surface area contributed by atoms with E-state index in [1.165, 1.54) is 7.11 Å². The number of halogens is 3. The monoisotopic (exact) mass is 192 g/mol. The maximum Gasteiger partial charge on any atom is 0.416 e. The molecule has 1 aromatic carbocycles. The standard InChI is InChI=1S/C8H7F3O2/c1-13-7-4-5(8(9,10)11)2-3-6(7)12/h2-4,12H,1H3. The summed E-state index contributed by atoms with van der Waals surface area (Å²) in [7, 11) is 1.19. The van der Waals surface area contributed by atoms with Crippen molar-refractivity contribution in [2.75, 3.05) is 7.11 Å². The third-order valence-corrected chi connectivity index (χ3v) is 1.51. The van der Waals surface area contributed by atoms with Gasteiger partial charge in [0.15, 0.2) is 11.5 Å². The van der Waals surface area contributed by atoms with Gasteiger partial charge in [0.2, 0.25) is 0 Å². The van der Waals surface area contributed by atoms with Gasteiger partial charge in [0.1, 0.15) is 0 Å². The number of rotatable bonds is 1. The molecule has 0 unspecified atom stereocenters. The molecule has 0 heterocycles. The molecule has 0 radical (unpaired) electrons. The highest BCUT2D eigenvalue weighted by molar-refractivity contribution is 5.42. The molecule has 0 aliphatic heterocycles. The van der Waals surface area contributed by atoms with Gasteiger partial charge in [-0.25, -0.2) is 0 Å². The van der Waals surface area contributed by atoms with Gasteiger partial charge in [0.05, 0.1) is 12.7 Å². The van der Waals surface area contributed by atoms with E-state index in [9.17, 15) is 13.2 Å². The molecule has 72 valence electrons. The zero-order chi connectivity index (χ0) is 10.1. The summed E-state index contributed by atoms with van der Waals surface area (Å²) in [6.45, 7) is 0. The highest BCUT2D eigenvalue weighted by Gasteiger charge is 2.31. The lowest BCUT2D eigenvalue weighted by molar-refractivity contribution is -0.137. The Morgan fingerprint density at radius 3 is 2.38 bits per heavy atom. The fourth-order valence-electron chi connectivity index (χ4n) is 0.854. The second-order valence-electron chi connectivity index (χ2n) is 2.38. The number of phenolic OH excluding ortho intramolecular Hbond substituents is 1. The third kappa shape index (κ3) is 2.05. The number of hydrogen-bond acceptors (Lipinski definition) is 2. The topological polar surface area (TPSA) is 29.5 Å². The van der Waals surface area contributed by atoms with Gasteiger partial charge in [-0.3, -0.25) is 0 Å². The summed E-state index contributed by atoms with van der Waals surface area (Å²) < 4.78 is 40.8. The summed E-state index contributed by atoms with van der Waals surface area (Å²) in [5, 5.41) is 9.01. The molecule has 5 heteroatoms. The Bertz CT molecular complexity index is 307. The van der Waals surface area contributed by atoms with Crippen molar-refractivity contribution in [1.82, 2.24) is 0 Å². The highest BCUT2D eigenvalue weighted by Crippen LogP contribution is 2.35. The number of aromatic hydroxyl groups is 1. The molecule has 0 amide bonds. The number of alkyl halides is 3. The van der Waals surface area contributed by atoms with E-state index in [2.05, 4.69) is 4.74 Å². The first-order valence-electron chi connectivity index (χ1n) is 3.39. The molecule has 0 saturated heterocycles. The predicted octanol–water partition coefficient (Wildman–Crippen LogP) is 2.42. The molecule has 0 bridgehead atoms. The Balaban J connectivity index is 3.14. The van der Waals surface area contributed by atoms with Gasteiger partial charge in [-0.15, -0.1) is 0 Å². The summed E-state index contributed by atoms with van der Waals surface area (Å²) in [5.41, 5.74) is -0.845. The van der Waals surface area contributed by atoms with Gasteiger partial charge < -0.3 is 9.84 Å². The molecule has 0 saturated carbocycles. The van der Waals surface area contributed by atoms with E-state index in [1.807, 2.05) is 0 Å². The molecule has 0 fully saturated rings. The van der Waals surface area contributed by atoms with E-state index in [4.69, 9.17) is 5.11 Å².